The van der Waals surface area contributed by atoms with Gasteiger partial charge in [-0.05, 0) is 38.1 Å². The lowest BCUT2D eigenvalue weighted by atomic mass is 10.3. The number of carbonyl (C=O) groups excluding carboxylic acids is 1. The highest BCUT2D eigenvalue weighted by molar-refractivity contribution is 8.00. The summed E-state index contributed by atoms with van der Waals surface area (Å²) in [6.07, 6.45) is -0.499. The van der Waals surface area contributed by atoms with Gasteiger partial charge in [-0.25, -0.2) is 4.39 Å². The largest absolute Gasteiger partial charge is 0.481 e. The lowest BCUT2D eigenvalue weighted by Gasteiger charge is -2.10. The second-order valence-electron chi connectivity index (χ2n) is 4.28. The van der Waals surface area contributed by atoms with E-state index in [0.29, 0.717) is 5.75 Å². The summed E-state index contributed by atoms with van der Waals surface area (Å²) >= 11 is 1.08. The molecule has 8 heteroatoms. The second kappa shape index (κ2) is 6.57. The summed E-state index contributed by atoms with van der Waals surface area (Å²) in [7, 11) is 0. The van der Waals surface area contributed by atoms with E-state index in [0.717, 1.165) is 11.8 Å². The number of ether oxygens (including phenoxy) is 1. The van der Waals surface area contributed by atoms with Gasteiger partial charge in [0.25, 0.3) is 11.1 Å². The summed E-state index contributed by atoms with van der Waals surface area (Å²) in [6, 6.07) is 5.61. The quantitative estimate of drug-likeness (QED) is 0.823. The first-order valence-electron chi connectivity index (χ1n) is 6.17. The highest BCUT2D eigenvalue weighted by Gasteiger charge is 2.19. The van der Waals surface area contributed by atoms with Crippen LogP contribution in [0.5, 0.6) is 5.75 Å². The van der Waals surface area contributed by atoms with Crippen LogP contribution in [0.3, 0.4) is 0 Å². The van der Waals surface area contributed by atoms with Gasteiger partial charge in [0.05, 0.1) is 5.25 Å². The van der Waals surface area contributed by atoms with Crippen molar-refractivity contribution in [3.05, 3.63) is 36.0 Å². The van der Waals surface area contributed by atoms with E-state index in [-0.39, 0.29) is 16.9 Å². The lowest BCUT2D eigenvalue weighted by Crippen LogP contribution is -2.22. The summed E-state index contributed by atoms with van der Waals surface area (Å²) in [5.74, 6) is -0.0532. The van der Waals surface area contributed by atoms with Crippen LogP contribution in [0.1, 0.15) is 25.8 Å². The van der Waals surface area contributed by atoms with Gasteiger partial charge in [-0.15, -0.1) is 10.2 Å². The third-order valence-electron chi connectivity index (χ3n) is 2.57. The van der Waals surface area contributed by atoms with Crippen molar-refractivity contribution in [2.24, 2.45) is 5.73 Å². The van der Waals surface area contributed by atoms with Gasteiger partial charge in [0.1, 0.15) is 11.6 Å². The fraction of sp³-hybridized carbons (Fsp3) is 0.308. The van der Waals surface area contributed by atoms with Gasteiger partial charge in [-0.2, -0.15) is 0 Å². The van der Waals surface area contributed by atoms with Crippen LogP contribution >= 0.6 is 11.8 Å². The van der Waals surface area contributed by atoms with Gasteiger partial charge >= 0.3 is 0 Å². The van der Waals surface area contributed by atoms with Gasteiger partial charge in [0.15, 0.2) is 6.10 Å². The molecule has 2 rings (SSSR count). The summed E-state index contributed by atoms with van der Waals surface area (Å²) in [5, 5.41) is 7.44. The number of hydrogen-bond donors (Lipinski definition) is 1. The SMILES string of the molecule is C[C@H](Sc1nnc([C@H](C)Oc2ccc(F)cc2)o1)C(N)=O. The van der Waals surface area contributed by atoms with Crippen molar-refractivity contribution in [1.29, 1.82) is 0 Å². The van der Waals surface area contributed by atoms with Gasteiger partial charge in [0.2, 0.25) is 5.91 Å². The van der Waals surface area contributed by atoms with E-state index < -0.39 is 17.3 Å². The molecule has 0 radical (unpaired) electrons. The summed E-state index contributed by atoms with van der Waals surface area (Å²) in [5.41, 5.74) is 5.16. The maximum absolute atomic E-state index is 12.8. The molecule has 2 atom stereocenters. The van der Waals surface area contributed by atoms with E-state index in [9.17, 15) is 9.18 Å². The van der Waals surface area contributed by atoms with Gasteiger partial charge in [0, 0.05) is 0 Å². The average Bonchev–Trinajstić information content (AvgIpc) is 2.90. The predicted octanol–water partition coefficient (Wildman–Crippen LogP) is 2.31. The Bertz CT molecular complexity index is 617. The number of hydrogen-bond acceptors (Lipinski definition) is 6. The van der Waals surface area contributed by atoms with Crippen LogP contribution in [-0.4, -0.2) is 21.4 Å². The minimum atomic E-state index is -0.499. The number of carbonyl (C=O) groups is 1. The van der Waals surface area contributed by atoms with Gasteiger partial charge < -0.3 is 14.9 Å². The number of benzene rings is 1. The maximum Gasteiger partial charge on any atom is 0.277 e. The van der Waals surface area contributed by atoms with Crippen LogP contribution in [0.4, 0.5) is 4.39 Å². The Labute approximate surface area is 124 Å². The molecule has 1 amide bonds. The molecule has 1 aromatic heterocycles. The van der Waals surface area contributed by atoms with Crippen LogP contribution < -0.4 is 10.5 Å². The van der Waals surface area contributed by atoms with Crippen molar-refractivity contribution in [3.8, 4) is 5.75 Å². The standard InChI is InChI=1S/C13H14FN3O3S/c1-7(19-10-5-3-9(14)4-6-10)12-16-17-13(20-12)21-8(2)11(15)18/h3-8H,1-2H3,(H2,15,18)/t7-,8-/m0/s1. The Kier molecular flexibility index (Phi) is 4.79. The van der Waals surface area contributed by atoms with Crippen LogP contribution in [-0.2, 0) is 4.79 Å². The van der Waals surface area contributed by atoms with Crippen molar-refractivity contribution in [2.45, 2.75) is 30.4 Å². The topological polar surface area (TPSA) is 91.2 Å². The first kappa shape index (κ1) is 15.3. The number of rotatable bonds is 6. The molecule has 1 heterocycles. The van der Waals surface area contributed by atoms with Crippen LogP contribution in [0.25, 0.3) is 0 Å². The number of nitrogens with zero attached hydrogens (tertiary/aromatic N) is 2. The van der Waals surface area contributed by atoms with E-state index in [1.54, 1.807) is 13.8 Å². The second-order valence-corrected chi connectivity index (χ2v) is 5.57. The average molecular weight is 311 g/mol. The molecule has 0 bridgehead atoms. The van der Waals surface area contributed by atoms with Crippen molar-refractivity contribution in [2.75, 3.05) is 0 Å². The molecule has 0 aliphatic heterocycles. The maximum atomic E-state index is 12.8. The Balaban J connectivity index is 2.00. The normalized spacial score (nSPS) is 13.7. The molecule has 112 valence electrons. The number of thioether (sulfide) groups is 1. The molecular weight excluding hydrogens is 297 g/mol. The van der Waals surface area contributed by atoms with Crippen molar-refractivity contribution in [3.63, 3.8) is 0 Å². The highest BCUT2D eigenvalue weighted by atomic mass is 32.2. The molecule has 0 saturated carbocycles. The number of aromatic nitrogens is 2. The molecule has 6 nitrogen and oxygen atoms in total. The number of primary amides is 1. The molecule has 0 unspecified atom stereocenters. The molecule has 0 saturated heterocycles. The number of halogens is 1. The van der Waals surface area contributed by atoms with E-state index in [1.807, 2.05) is 0 Å². The Morgan fingerprint density at radius 1 is 1.33 bits per heavy atom. The molecule has 0 spiro atoms. The smallest absolute Gasteiger partial charge is 0.277 e. The van der Waals surface area contributed by atoms with E-state index in [4.69, 9.17) is 14.9 Å². The van der Waals surface area contributed by atoms with Gasteiger partial charge in [-0.3, -0.25) is 4.79 Å². The molecule has 1 aromatic carbocycles. The van der Waals surface area contributed by atoms with Crippen LogP contribution in [0.15, 0.2) is 33.9 Å². The third-order valence-corrected chi connectivity index (χ3v) is 3.53. The van der Waals surface area contributed by atoms with Gasteiger partial charge in [-0.1, -0.05) is 11.8 Å². The Morgan fingerprint density at radius 2 is 2.00 bits per heavy atom. The summed E-state index contributed by atoms with van der Waals surface area (Å²) in [6.45, 7) is 3.37. The Hall–Kier alpha value is -2.09. The zero-order chi connectivity index (χ0) is 15.4. The molecular formula is C13H14FN3O3S. The van der Waals surface area contributed by atoms with Crippen LogP contribution in [0, 0.1) is 5.82 Å². The first-order valence-corrected chi connectivity index (χ1v) is 7.05. The minimum absolute atomic E-state index is 0.242. The fourth-order valence-corrected chi connectivity index (χ4v) is 2.05. The zero-order valence-corrected chi connectivity index (χ0v) is 12.3. The molecule has 21 heavy (non-hydrogen) atoms. The van der Waals surface area contributed by atoms with E-state index in [1.165, 1.54) is 24.3 Å². The third kappa shape index (κ3) is 4.19. The van der Waals surface area contributed by atoms with Crippen LogP contribution in [0.2, 0.25) is 0 Å². The molecule has 0 fully saturated rings. The molecule has 2 aromatic rings. The van der Waals surface area contributed by atoms with Crippen molar-refractivity contribution in [1.82, 2.24) is 10.2 Å². The number of amides is 1. The highest BCUT2D eigenvalue weighted by Crippen LogP contribution is 2.26. The molecule has 0 aliphatic carbocycles. The lowest BCUT2D eigenvalue weighted by molar-refractivity contribution is -0.117. The fourth-order valence-electron chi connectivity index (χ4n) is 1.41. The predicted molar refractivity (Wildman–Crippen MR) is 74.3 cm³/mol. The summed E-state index contributed by atoms with van der Waals surface area (Å²) in [4.78, 5) is 11.0. The molecule has 0 aliphatic rings. The minimum Gasteiger partial charge on any atom is -0.481 e. The van der Waals surface area contributed by atoms with Crippen molar-refractivity contribution < 1.29 is 18.3 Å². The monoisotopic (exact) mass is 311 g/mol. The molecule has 2 N–H and O–H groups in total. The first-order chi connectivity index (χ1) is 9.95. The van der Waals surface area contributed by atoms with E-state index in [2.05, 4.69) is 10.2 Å². The van der Waals surface area contributed by atoms with Crippen molar-refractivity contribution >= 4 is 17.7 Å². The van der Waals surface area contributed by atoms with E-state index >= 15 is 0 Å². The summed E-state index contributed by atoms with van der Waals surface area (Å²) < 4.78 is 23.8. The zero-order valence-electron chi connectivity index (χ0n) is 11.4. The number of nitrogens with two attached hydrogens (primary N) is 1. The Morgan fingerprint density at radius 3 is 2.62 bits per heavy atom.